The number of Topliss-reactive ketones (excluding diaryl/α,β-unsaturated/α-hetero) is 1. The van der Waals surface area contributed by atoms with E-state index in [0.29, 0.717) is 17.3 Å². The third kappa shape index (κ3) is 1.44. The van der Waals surface area contributed by atoms with Gasteiger partial charge in [0.15, 0.2) is 5.78 Å². The van der Waals surface area contributed by atoms with Crippen LogP contribution < -0.4 is 5.32 Å². The third-order valence-electron chi connectivity index (χ3n) is 2.48. The predicted octanol–water partition coefficient (Wildman–Crippen LogP) is 0.958. The molecule has 1 saturated heterocycles. The Hall–Kier alpha value is -0.870. The molecule has 0 spiro atoms. The Balaban J connectivity index is 2.28. The van der Waals surface area contributed by atoms with Crippen LogP contribution in [0.1, 0.15) is 17.4 Å². The molecule has 1 N–H and O–H groups in total. The summed E-state index contributed by atoms with van der Waals surface area (Å²) in [6, 6.07) is 0. The van der Waals surface area contributed by atoms with E-state index in [1.807, 2.05) is 6.92 Å². The minimum Gasteiger partial charge on any atom is -0.315 e. The summed E-state index contributed by atoms with van der Waals surface area (Å²) in [5, 5.41) is 7.57. The van der Waals surface area contributed by atoms with Gasteiger partial charge in [0.25, 0.3) is 0 Å². The summed E-state index contributed by atoms with van der Waals surface area (Å²) in [6.45, 7) is 4.13. The summed E-state index contributed by atoms with van der Waals surface area (Å²) in [5.41, 5.74) is 0.556. The monoisotopic (exact) mass is 213 g/mol. The van der Waals surface area contributed by atoms with E-state index in [4.69, 9.17) is 11.6 Å². The van der Waals surface area contributed by atoms with E-state index in [0.717, 1.165) is 13.1 Å². The maximum atomic E-state index is 11.9. The highest BCUT2D eigenvalue weighted by Crippen LogP contribution is 2.20. The molecule has 0 saturated carbocycles. The maximum absolute atomic E-state index is 11.9. The van der Waals surface area contributed by atoms with Gasteiger partial charge in [-0.15, -0.1) is 0 Å². The van der Waals surface area contributed by atoms with Crippen molar-refractivity contribution in [2.24, 2.45) is 5.92 Å². The number of aromatic nitrogens is 2. The Morgan fingerprint density at radius 2 is 2.50 bits per heavy atom. The SMILES string of the molecule is CCn1ncc(Cl)c1C(=O)C1CNC1. The van der Waals surface area contributed by atoms with Gasteiger partial charge >= 0.3 is 0 Å². The highest BCUT2D eigenvalue weighted by molar-refractivity contribution is 6.33. The fourth-order valence-corrected chi connectivity index (χ4v) is 1.75. The van der Waals surface area contributed by atoms with Gasteiger partial charge in [0.2, 0.25) is 0 Å². The van der Waals surface area contributed by atoms with Crippen molar-refractivity contribution in [1.29, 1.82) is 0 Å². The second-order valence-corrected chi connectivity index (χ2v) is 3.78. The molecule has 0 unspecified atom stereocenters. The summed E-state index contributed by atoms with van der Waals surface area (Å²) in [6.07, 6.45) is 1.53. The molecule has 2 heterocycles. The van der Waals surface area contributed by atoms with E-state index in [9.17, 15) is 4.79 Å². The predicted molar refractivity (Wildman–Crippen MR) is 53.6 cm³/mol. The van der Waals surface area contributed by atoms with Crippen LogP contribution in [0.3, 0.4) is 0 Å². The van der Waals surface area contributed by atoms with Crippen LogP contribution >= 0.6 is 11.6 Å². The lowest BCUT2D eigenvalue weighted by Crippen LogP contribution is -2.47. The van der Waals surface area contributed by atoms with Crippen LogP contribution in [0.4, 0.5) is 0 Å². The second kappa shape index (κ2) is 3.71. The number of carbonyl (C=O) groups is 1. The van der Waals surface area contributed by atoms with Crippen LogP contribution in [0.25, 0.3) is 0 Å². The summed E-state index contributed by atoms with van der Waals surface area (Å²) >= 11 is 5.92. The minimum absolute atomic E-state index is 0.0782. The fraction of sp³-hybridized carbons (Fsp3) is 0.556. The van der Waals surface area contributed by atoms with Crippen LogP contribution in [-0.2, 0) is 6.54 Å². The van der Waals surface area contributed by atoms with Crippen molar-refractivity contribution in [3.8, 4) is 0 Å². The molecule has 1 aliphatic heterocycles. The van der Waals surface area contributed by atoms with Gasteiger partial charge in [0, 0.05) is 25.6 Å². The van der Waals surface area contributed by atoms with Gasteiger partial charge in [0.05, 0.1) is 11.2 Å². The van der Waals surface area contributed by atoms with Crippen molar-refractivity contribution in [2.75, 3.05) is 13.1 Å². The Morgan fingerprint density at radius 3 is 3.00 bits per heavy atom. The number of carbonyl (C=O) groups excluding carboxylic acids is 1. The quantitative estimate of drug-likeness (QED) is 0.761. The number of hydrogen-bond acceptors (Lipinski definition) is 3. The van der Waals surface area contributed by atoms with Crippen LogP contribution in [0.15, 0.2) is 6.20 Å². The molecule has 4 nitrogen and oxygen atoms in total. The average molecular weight is 214 g/mol. The highest BCUT2D eigenvalue weighted by Gasteiger charge is 2.29. The molecule has 0 bridgehead atoms. The summed E-state index contributed by atoms with van der Waals surface area (Å²) in [5.74, 6) is 0.183. The highest BCUT2D eigenvalue weighted by atomic mass is 35.5. The van der Waals surface area contributed by atoms with Crippen LogP contribution in [0, 0.1) is 5.92 Å². The standard InChI is InChI=1S/C9H12ClN3O/c1-2-13-8(7(10)5-12-13)9(14)6-3-11-4-6/h5-6,11H,2-4H2,1H3. The van der Waals surface area contributed by atoms with Crippen molar-refractivity contribution in [2.45, 2.75) is 13.5 Å². The molecule has 1 fully saturated rings. The first-order chi connectivity index (χ1) is 6.74. The number of aryl methyl sites for hydroxylation is 1. The van der Waals surface area contributed by atoms with Gasteiger partial charge in [-0.2, -0.15) is 5.10 Å². The van der Waals surface area contributed by atoms with Crippen molar-refractivity contribution in [3.05, 3.63) is 16.9 Å². The zero-order valence-electron chi connectivity index (χ0n) is 7.96. The first-order valence-corrected chi connectivity index (χ1v) is 5.08. The van der Waals surface area contributed by atoms with Gasteiger partial charge < -0.3 is 5.32 Å². The van der Waals surface area contributed by atoms with E-state index < -0.39 is 0 Å². The molecule has 0 aliphatic carbocycles. The fourth-order valence-electron chi connectivity index (χ4n) is 1.51. The Morgan fingerprint density at radius 1 is 1.79 bits per heavy atom. The number of rotatable bonds is 3. The maximum Gasteiger partial charge on any atom is 0.187 e. The van der Waals surface area contributed by atoms with Gasteiger partial charge in [0.1, 0.15) is 5.69 Å². The molecule has 1 aliphatic rings. The molecule has 5 heteroatoms. The number of halogens is 1. The lowest BCUT2D eigenvalue weighted by atomic mass is 9.96. The Bertz CT molecular complexity index is 357. The number of hydrogen-bond donors (Lipinski definition) is 1. The lowest BCUT2D eigenvalue weighted by molar-refractivity contribution is 0.0867. The number of nitrogens with one attached hydrogen (secondary N) is 1. The molecule has 1 aromatic rings. The Labute approximate surface area is 87.2 Å². The van der Waals surface area contributed by atoms with Crippen LogP contribution in [-0.4, -0.2) is 28.7 Å². The van der Waals surface area contributed by atoms with Crippen molar-refractivity contribution >= 4 is 17.4 Å². The molecular formula is C9H12ClN3O. The van der Waals surface area contributed by atoms with Gasteiger partial charge in [-0.3, -0.25) is 9.48 Å². The molecule has 0 radical (unpaired) electrons. The van der Waals surface area contributed by atoms with Crippen molar-refractivity contribution < 1.29 is 4.79 Å². The molecular weight excluding hydrogens is 202 g/mol. The molecule has 0 amide bonds. The number of nitrogens with zero attached hydrogens (tertiary/aromatic N) is 2. The lowest BCUT2D eigenvalue weighted by Gasteiger charge is -2.25. The first-order valence-electron chi connectivity index (χ1n) is 4.70. The Kier molecular flexibility index (Phi) is 2.56. The molecule has 76 valence electrons. The van der Waals surface area contributed by atoms with Gasteiger partial charge in [-0.05, 0) is 6.92 Å². The van der Waals surface area contributed by atoms with Gasteiger partial charge in [-0.25, -0.2) is 0 Å². The molecule has 1 aromatic heterocycles. The summed E-state index contributed by atoms with van der Waals surface area (Å²) < 4.78 is 1.66. The average Bonchev–Trinajstić information content (AvgIpc) is 2.43. The van der Waals surface area contributed by atoms with E-state index in [1.165, 1.54) is 6.20 Å². The largest absolute Gasteiger partial charge is 0.315 e. The molecule has 2 rings (SSSR count). The van der Waals surface area contributed by atoms with E-state index in [1.54, 1.807) is 4.68 Å². The van der Waals surface area contributed by atoms with Crippen LogP contribution in [0.2, 0.25) is 5.02 Å². The smallest absolute Gasteiger partial charge is 0.187 e. The zero-order chi connectivity index (χ0) is 10.1. The third-order valence-corrected chi connectivity index (χ3v) is 2.76. The molecule has 0 aromatic carbocycles. The zero-order valence-corrected chi connectivity index (χ0v) is 8.71. The van der Waals surface area contributed by atoms with Crippen LogP contribution in [0.5, 0.6) is 0 Å². The number of ketones is 1. The molecule has 14 heavy (non-hydrogen) atoms. The molecule has 0 atom stereocenters. The van der Waals surface area contributed by atoms with Crippen molar-refractivity contribution in [1.82, 2.24) is 15.1 Å². The summed E-state index contributed by atoms with van der Waals surface area (Å²) in [7, 11) is 0. The van der Waals surface area contributed by atoms with E-state index >= 15 is 0 Å². The van der Waals surface area contributed by atoms with E-state index in [2.05, 4.69) is 10.4 Å². The first kappa shape index (κ1) is 9.68. The normalized spacial score (nSPS) is 16.7. The minimum atomic E-state index is 0.0782. The topological polar surface area (TPSA) is 46.9 Å². The second-order valence-electron chi connectivity index (χ2n) is 3.38. The summed E-state index contributed by atoms with van der Waals surface area (Å²) in [4.78, 5) is 11.9. The van der Waals surface area contributed by atoms with Gasteiger partial charge in [-0.1, -0.05) is 11.6 Å². The van der Waals surface area contributed by atoms with Crippen molar-refractivity contribution in [3.63, 3.8) is 0 Å². The van der Waals surface area contributed by atoms with E-state index in [-0.39, 0.29) is 11.7 Å².